The van der Waals surface area contributed by atoms with E-state index in [2.05, 4.69) is 10.3 Å². The van der Waals surface area contributed by atoms with E-state index >= 15 is 0 Å². The van der Waals surface area contributed by atoms with Crippen molar-refractivity contribution in [1.82, 2.24) is 10.3 Å². The first-order valence-electron chi connectivity index (χ1n) is 6.25. The molecule has 0 aliphatic rings. The smallest absolute Gasteiger partial charge is 0.251 e. The molecule has 0 unspecified atom stereocenters. The van der Waals surface area contributed by atoms with E-state index in [1.807, 2.05) is 12.3 Å². The SMILES string of the molecule is Cc1csc(COc2ccc(C(=O)NCC(N)=O)cc2)n1. The van der Waals surface area contributed by atoms with E-state index in [4.69, 9.17) is 10.5 Å². The van der Waals surface area contributed by atoms with Crippen molar-refractivity contribution in [3.63, 3.8) is 0 Å². The molecule has 3 N–H and O–H groups in total. The molecule has 0 bridgehead atoms. The van der Waals surface area contributed by atoms with Crippen molar-refractivity contribution in [2.75, 3.05) is 6.54 Å². The molecule has 1 aromatic carbocycles. The summed E-state index contributed by atoms with van der Waals surface area (Å²) in [4.78, 5) is 26.6. The number of ether oxygens (including phenoxy) is 1. The number of carbonyl (C=O) groups excluding carboxylic acids is 2. The van der Waals surface area contributed by atoms with Crippen LogP contribution in [0.3, 0.4) is 0 Å². The number of rotatable bonds is 6. The maximum absolute atomic E-state index is 11.7. The Morgan fingerprint density at radius 3 is 2.62 bits per heavy atom. The van der Waals surface area contributed by atoms with Gasteiger partial charge >= 0.3 is 0 Å². The molecular formula is C14H15N3O3S. The van der Waals surface area contributed by atoms with Gasteiger partial charge in [-0.05, 0) is 31.2 Å². The molecule has 1 heterocycles. The number of nitrogens with one attached hydrogen (secondary N) is 1. The Balaban J connectivity index is 1.89. The summed E-state index contributed by atoms with van der Waals surface area (Å²) in [5.74, 6) is -0.285. The monoisotopic (exact) mass is 305 g/mol. The topological polar surface area (TPSA) is 94.3 Å². The lowest BCUT2D eigenvalue weighted by Crippen LogP contribution is -2.33. The van der Waals surface area contributed by atoms with E-state index in [0.717, 1.165) is 10.7 Å². The lowest BCUT2D eigenvalue weighted by molar-refractivity contribution is -0.117. The van der Waals surface area contributed by atoms with Crippen LogP contribution < -0.4 is 15.8 Å². The highest BCUT2D eigenvalue weighted by Crippen LogP contribution is 2.16. The number of thiazole rings is 1. The summed E-state index contributed by atoms with van der Waals surface area (Å²) >= 11 is 1.54. The summed E-state index contributed by atoms with van der Waals surface area (Å²) in [5, 5.41) is 5.28. The van der Waals surface area contributed by atoms with Gasteiger partial charge in [-0.3, -0.25) is 9.59 Å². The third kappa shape index (κ3) is 4.57. The standard InChI is InChI=1S/C14H15N3O3S/c1-9-8-21-13(17-9)7-20-11-4-2-10(3-5-11)14(19)16-6-12(15)18/h2-5,8H,6-7H2,1H3,(H2,15,18)(H,16,19). The van der Waals surface area contributed by atoms with Crippen molar-refractivity contribution in [2.45, 2.75) is 13.5 Å². The molecule has 110 valence electrons. The molecule has 2 rings (SSSR count). The van der Waals surface area contributed by atoms with Gasteiger partial charge in [0, 0.05) is 16.6 Å². The molecule has 0 fully saturated rings. The summed E-state index contributed by atoms with van der Waals surface area (Å²) in [6.07, 6.45) is 0. The van der Waals surface area contributed by atoms with Crippen LogP contribution in [-0.2, 0) is 11.4 Å². The number of nitrogens with zero attached hydrogens (tertiary/aromatic N) is 1. The van der Waals surface area contributed by atoms with Gasteiger partial charge in [0.05, 0.1) is 6.54 Å². The summed E-state index contributed by atoms with van der Waals surface area (Å²) in [6, 6.07) is 6.64. The van der Waals surface area contributed by atoms with Gasteiger partial charge in [-0.25, -0.2) is 4.98 Å². The van der Waals surface area contributed by atoms with Gasteiger partial charge < -0.3 is 15.8 Å². The fourth-order valence-corrected chi connectivity index (χ4v) is 2.27. The quantitative estimate of drug-likeness (QED) is 0.839. The maximum atomic E-state index is 11.7. The van der Waals surface area contributed by atoms with Crippen LogP contribution in [0.5, 0.6) is 5.75 Å². The lowest BCUT2D eigenvalue weighted by atomic mass is 10.2. The largest absolute Gasteiger partial charge is 0.486 e. The van der Waals surface area contributed by atoms with Gasteiger partial charge in [-0.2, -0.15) is 0 Å². The Bertz CT molecular complexity index is 637. The van der Waals surface area contributed by atoms with Gasteiger partial charge in [0.2, 0.25) is 5.91 Å². The summed E-state index contributed by atoms with van der Waals surface area (Å²) < 4.78 is 5.58. The second-order valence-electron chi connectivity index (χ2n) is 4.34. The second-order valence-corrected chi connectivity index (χ2v) is 5.29. The minimum absolute atomic E-state index is 0.180. The van der Waals surface area contributed by atoms with Crippen LogP contribution in [0.25, 0.3) is 0 Å². The normalized spacial score (nSPS) is 10.1. The zero-order valence-electron chi connectivity index (χ0n) is 11.5. The van der Waals surface area contributed by atoms with Crippen LogP contribution in [0.4, 0.5) is 0 Å². The van der Waals surface area contributed by atoms with Crippen LogP contribution in [0.2, 0.25) is 0 Å². The maximum Gasteiger partial charge on any atom is 0.251 e. The number of hydrogen-bond donors (Lipinski definition) is 2. The first-order valence-corrected chi connectivity index (χ1v) is 7.13. The molecule has 0 radical (unpaired) electrons. The van der Waals surface area contributed by atoms with Gasteiger partial charge in [0.15, 0.2) is 0 Å². The van der Waals surface area contributed by atoms with Crippen LogP contribution in [0.15, 0.2) is 29.6 Å². The van der Waals surface area contributed by atoms with Crippen LogP contribution >= 0.6 is 11.3 Å². The first kappa shape index (κ1) is 15.0. The highest BCUT2D eigenvalue weighted by Gasteiger charge is 2.07. The Morgan fingerprint density at radius 2 is 2.05 bits per heavy atom. The number of carbonyl (C=O) groups is 2. The molecule has 0 aliphatic heterocycles. The molecule has 0 spiro atoms. The summed E-state index contributed by atoms with van der Waals surface area (Å²) in [6.45, 7) is 2.14. The van der Waals surface area contributed by atoms with Crippen molar-refractivity contribution in [3.05, 3.63) is 45.9 Å². The molecule has 0 saturated heterocycles. The molecule has 1 aromatic heterocycles. The predicted octanol–water partition coefficient (Wildman–Crippen LogP) is 1.25. The fourth-order valence-electron chi connectivity index (χ4n) is 1.59. The van der Waals surface area contributed by atoms with E-state index in [0.29, 0.717) is 17.9 Å². The van der Waals surface area contributed by atoms with Crippen molar-refractivity contribution >= 4 is 23.2 Å². The number of aromatic nitrogens is 1. The molecule has 7 heteroatoms. The Kier molecular flexibility index (Phi) is 4.89. The molecular weight excluding hydrogens is 290 g/mol. The Hall–Kier alpha value is -2.41. The predicted molar refractivity (Wildman–Crippen MR) is 79.2 cm³/mol. The van der Waals surface area contributed by atoms with Crippen molar-refractivity contribution < 1.29 is 14.3 Å². The number of aryl methyl sites for hydroxylation is 1. The minimum atomic E-state index is -0.581. The third-order valence-corrected chi connectivity index (χ3v) is 3.51. The zero-order chi connectivity index (χ0) is 15.2. The zero-order valence-corrected chi connectivity index (χ0v) is 12.3. The number of nitrogens with two attached hydrogens (primary N) is 1. The molecule has 6 nitrogen and oxygen atoms in total. The van der Waals surface area contributed by atoms with E-state index in [1.165, 1.54) is 0 Å². The Morgan fingerprint density at radius 1 is 1.33 bits per heavy atom. The lowest BCUT2D eigenvalue weighted by Gasteiger charge is -2.06. The van der Waals surface area contributed by atoms with Crippen LogP contribution in [0, 0.1) is 6.92 Å². The summed E-state index contributed by atoms with van der Waals surface area (Å²) in [5.41, 5.74) is 6.37. The van der Waals surface area contributed by atoms with E-state index in [-0.39, 0.29) is 12.5 Å². The van der Waals surface area contributed by atoms with Crippen LogP contribution in [-0.4, -0.2) is 23.3 Å². The van der Waals surface area contributed by atoms with Crippen molar-refractivity contribution in [1.29, 1.82) is 0 Å². The average Bonchev–Trinajstić information content (AvgIpc) is 2.89. The Labute approximate surface area is 125 Å². The van der Waals surface area contributed by atoms with Gasteiger partial charge in [-0.15, -0.1) is 11.3 Å². The second kappa shape index (κ2) is 6.85. The molecule has 0 saturated carbocycles. The van der Waals surface area contributed by atoms with E-state index in [9.17, 15) is 9.59 Å². The molecule has 0 atom stereocenters. The number of amides is 2. The number of primary amides is 1. The van der Waals surface area contributed by atoms with E-state index < -0.39 is 5.91 Å². The van der Waals surface area contributed by atoms with Crippen molar-refractivity contribution in [2.24, 2.45) is 5.73 Å². The van der Waals surface area contributed by atoms with Gasteiger partial charge in [0.25, 0.3) is 5.91 Å². The molecule has 2 aromatic rings. The third-order valence-electron chi connectivity index (χ3n) is 2.57. The van der Waals surface area contributed by atoms with Gasteiger partial charge in [0.1, 0.15) is 17.4 Å². The summed E-state index contributed by atoms with van der Waals surface area (Å²) in [7, 11) is 0. The number of benzene rings is 1. The highest BCUT2D eigenvalue weighted by molar-refractivity contribution is 7.09. The molecule has 2 amide bonds. The van der Waals surface area contributed by atoms with E-state index in [1.54, 1.807) is 35.6 Å². The van der Waals surface area contributed by atoms with Gasteiger partial charge in [-0.1, -0.05) is 0 Å². The average molecular weight is 305 g/mol. The minimum Gasteiger partial charge on any atom is -0.486 e. The number of hydrogen-bond acceptors (Lipinski definition) is 5. The molecule has 21 heavy (non-hydrogen) atoms. The first-order chi connectivity index (χ1) is 10.0. The highest BCUT2D eigenvalue weighted by atomic mass is 32.1. The van der Waals surface area contributed by atoms with Crippen molar-refractivity contribution in [3.8, 4) is 5.75 Å². The molecule has 0 aliphatic carbocycles. The fraction of sp³-hybridized carbons (Fsp3) is 0.214. The van der Waals surface area contributed by atoms with Crippen LogP contribution in [0.1, 0.15) is 21.1 Å².